The molecule has 182 valence electrons. The number of hydrogen-bond acceptors (Lipinski definition) is 9. The molecule has 1 fully saturated rings. The van der Waals surface area contributed by atoms with E-state index in [1.54, 1.807) is 6.92 Å². The molecule has 4 atom stereocenters. The van der Waals surface area contributed by atoms with E-state index in [1.807, 2.05) is 0 Å². The molecule has 0 aliphatic carbocycles. The standard InChI is InChI=1S/C19H25ClN4O6S3.Na/c1-9(8-31)18(26)24-7-10(4-14(24)19(27)28)32-3-2-16-22-13-6-12(20)15(33(21,29)30)5-11(13)17(25)23-16;/h5-6,9-10,14,16,22,31H,2-4,7-8H2,1H3,(H,23,25)(H,27,28)(H2,21,29,30);/q;+1/p-1/t9-,10+,14+,16?;/m1./s1. The van der Waals surface area contributed by atoms with Crippen LogP contribution in [0, 0.1) is 5.92 Å². The predicted octanol–water partition coefficient (Wildman–Crippen LogP) is -2.41. The number of benzene rings is 1. The Kier molecular flexibility index (Phi) is 10.5. The van der Waals surface area contributed by atoms with Crippen LogP contribution in [0.15, 0.2) is 22.0 Å². The minimum absolute atomic E-state index is 0. The van der Waals surface area contributed by atoms with Crippen molar-refractivity contribution in [3.05, 3.63) is 22.7 Å². The summed E-state index contributed by atoms with van der Waals surface area (Å²) in [6.07, 6.45) is 0.251. The normalized spacial score (nSPS) is 22.8. The second kappa shape index (κ2) is 12.0. The Morgan fingerprint density at radius 2 is 2.15 bits per heavy atom. The Morgan fingerprint density at radius 3 is 2.74 bits per heavy atom. The van der Waals surface area contributed by atoms with Gasteiger partial charge in [-0.1, -0.05) is 18.5 Å². The molecule has 2 aliphatic heterocycles. The average molecular weight is 559 g/mol. The van der Waals surface area contributed by atoms with Gasteiger partial charge in [0.2, 0.25) is 15.9 Å². The van der Waals surface area contributed by atoms with E-state index >= 15 is 0 Å². The number of anilines is 1. The minimum Gasteiger partial charge on any atom is -0.858 e. The average Bonchev–Trinajstić information content (AvgIpc) is 3.15. The van der Waals surface area contributed by atoms with Gasteiger partial charge in [0.05, 0.1) is 5.02 Å². The van der Waals surface area contributed by atoms with Crippen molar-refractivity contribution >= 4 is 69.5 Å². The number of thiol groups is 1. The summed E-state index contributed by atoms with van der Waals surface area (Å²) in [7, 11) is -4.09. The third-order valence-corrected chi connectivity index (χ3v) is 8.68. The van der Waals surface area contributed by atoms with Crippen molar-refractivity contribution in [2.75, 3.05) is 23.4 Å². The zero-order valence-electron chi connectivity index (χ0n) is 18.6. The number of fused-ring (bicyclic) bond motifs is 1. The number of halogens is 1. The third kappa shape index (κ3) is 6.75. The van der Waals surface area contributed by atoms with Crippen molar-refractivity contribution in [3.63, 3.8) is 0 Å². The summed E-state index contributed by atoms with van der Waals surface area (Å²) in [4.78, 5) is 29.2. The molecule has 3 rings (SSSR count). The van der Waals surface area contributed by atoms with E-state index in [4.69, 9.17) is 16.7 Å². The smallest absolute Gasteiger partial charge is 0.858 e. The number of nitrogens with one attached hydrogen (secondary N) is 1. The number of carbonyl (C=O) groups excluding carboxylic acids is 1. The maximum Gasteiger partial charge on any atom is 1.00 e. The van der Waals surface area contributed by atoms with Gasteiger partial charge >= 0.3 is 35.5 Å². The summed E-state index contributed by atoms with van der Waals surface area (Å²) in [6, 6.07) is 1.58. The van der Waals surface area contributed by atoms with Gasteiger partial charge in [0, 0.05) is 34.7 Å². The van der Waals surface area contributed by atoms with Crippen molar-refractivity contribution in [2.45, 2.75) is 42.1 Å². The number of rotatable bonds is 8. The quantitative estimate of drug-likeness (QED) is 0.202. The van der Waals surface area contributed by atoms with E-state index < -0.39 is 34.1 Å². The van der Waals surface area contributed by atoms with Crippen molar-refractivity contribution in [2.24, 2.45) is 16.0 Å². The SMILES string of the molecule is C[C@H](CS)C(=O)N1C[C@@H](SCCC2N=C([O-])c3cc(S(N)(=O)=O)c(Cl)cc3N2)C[C@H]1C(=O)O.[Na+]. The molecule has 4 N–H and O–H groups in total. The van der Waals surface area contributed by atoms with Crippen molar-refractivity contribution in [1.29, 1.82) is 0 Å². The van der Waals surface area contributed by atoms with Gasteiger partial charge in [-0.15, -0.1) is 0 Å². The number of carboxylic acid groups (broad SMARTS) is 1. The zero-order chi connectivity index (χ0) is 24.5. The first-order valence-corrected chi connectivity index (χ1v) is 13.7. The summed E-state index contributed by atoms with van der Waals surface area (Å²) in [6.45, 7) is 2.06. The number of carboxylic acids is 1. The number of thioether (sulfide) groups is 1. The molecule has 0 aromatic heterocycles. The molecular weight excluding hydrogens is 535 g/mol. The summed E-state index contributed by atoms with van der Waals surface area (Å²) in [5.74, 6) is -1.29. The number of nitrogens with two attached hydrogens (primary N) is 1. The topological polar surface area (TPSA) is 165 Å². The fourth-order valence-corrected chi connectivity index (χ4v) is 6.26. The van der Waals surface area contributed by atoms with E-state index in [1.165, 1.54) is 22.7 Å². The number of aliphatic imine (C=N–C) groups is 1. The molecule has 2 aliphatic rings. The molecule has 1 aromatic rings. The Labute approximate surface area is 234 Å². The van der Waals surface area contributed by atoms with Crippen LogP contribution in [0.5, 0.6) is 0 Å². The maximum atomic E-state index is 12.5. The summed E-state index contributed by atoms with van der Waals surface area (Å²) in [5, 5.41) is 30.0. The van der Waals surface area contributed by atoms with Gasteiger partial charge in [0.15, 0.2) is 0 Å². The number of sulfonamides is 1. The van der Waals surface area contributed by atoms with Crippen LogP contribution in [0.3, 0.4) is 0 Å². The Hall–Kier alpha value is -0.670. The fourth-order valence-electron chi connectivity index (χ4n) is 3.73. The first-order valence-electron chi connectivity index (χ1n) is 10.1. The Morgan fingerprint density at radius 1 is 1.47 bits per heavy atom. The summed E-state index contributed by atoms with van der Waals surface area (Å²) >= 11 is 11.7. The predicted molar refractivity (Wildman–Crippen MR) is 128 cm³/mol. The molecule has 0 radical (unpaired) electrons. The molecular formula is C19H24ClN4NaO6S3. The second-order valence-corrected chi connectivity index (χ2v) is 11.6. The number of hydrogen-bond donors (Lipinski definition) is 4. The first kappa shape index (κ1) is 29.6. The molecule has 0 spiro atoms. The molecule has 1 aromatic carbocycles. The first-order chi connectivity index (χ1) is 15.4. The number of amides is 1. The minimum atomic E-state index is -4.09. The van der Waals surface area contributed by atoms with Crippen LogP contribution >= 0.6 is 36.0 Å². The van der Waals surface area contributed by atoms with Crippen LogP contribution in [-0.4, -0.2) is 71.7 Å². The van der Waals surface area contributed by atoms with Crippen molar-refractivity contribution < 1.29 is 57.8 Å². The monoisotopic (exact) mass is 558 g/mol. The van der Waals surface area contributed by atoms with Gasteiger partial charge in [-0.25, -0.2) is 18.4 Å². The van der Waals surface area contributed by atoms with Gasteiger partial charge in [0.1, 0.15) is 17.1 Å². The fraction of sp³-hybridized carbons (Fsp3) is 0.526. The molecule has 15 heteroatoms. The Bertz CT molecular complexity index is 1090. The number of primary sulfonamides is 1. The molecule has 34 heavy (non-hydrogen) atoms. The van der Waals surface area contributed by atoms with Crippen LogP contribution in [0.2, 0.25) is 5.02 Å². The van der Waals surface area contributed by atoms with E-state index in [9.17, 15) is 28.2 Å². The molecule has 1 amide bonds. The van der Waals surface area contributed by atoms with Gasteiger partial charge in [-0.3, -0.25) is 9.79 Å². The van der Waals surface area contributed by atoms with Crippen LogP contribution < -0.4 is 45.1 Å². The van der Waals surface area contributed by atoms with Crippen LogP contribution in [-0.2, 0) is 19.6 Å². The van der Waals surface area contributed by atoms with Crippen molar-refractivity contribution in [1.82, 2.24) is 4.90 Å². The number of likely N-dealkylation sites (tertiary alicyclic amines) is 1. The van der Waals surface area contributed by atoms with E-state index in [2.05, 4.69) is 22.9 Å². The Balaban J connectivity index is 0.00000408. The zero-order valence-corrected chi connectivity index (χ0v) is 23.9. The number of carbonyl (C=O) groups is 2. The molecule has 1 unspecified atom stereocenters. The van der Waals surface area contributed by atoms with E-state index in [0.717, 1.165) is 6.07 Å². The molecule has 10 nitrogen and oxygen atoms in total. The largest absolute Gasteiger partial charge is 1.00 e. The van der Waals surface area contributed by atoms with E-state index in [-0.39, 0.29) is 62.1 Å². The molecule has 0 bridgehead atoms. The van der Waals surface area contributed by atoms with Gasteiger partial charge in [-0.05, 0) is 36.6 Å². The molecule has 1 saturated heterocycles. The molecule has 2 heterocycles. The van der Waals surface area contributed by atoms with Crippen LogP contribution in [0.25, 0.3) is 0 Å². The number of nitrogens with zero attached hydrogens (tertiary/aromatic N) is 2. The van der Waals surface area contributed by atoms with Crippen LogP contribution in [0.1, 0.15) is 25.3 Å². The van der Waals surface area contributed by atoms with Gasteiger partial charge in [-0.2, -0.15) is 24.4 Å². The third-order valence-electron chi connectivity index (χ3n) is 5.48. The van der Waals surface area contributed by atoms with Gasteiger partial charge < -0.3 is 20.4 Å². The van der Waals surface area contributed by atoms with E-state index in [0.29, 0.717) is 36.6 Å². The summed E-state index contributed by atoms with van der Waals surface area (Å²) in [5.41, 5.74) is 0.437. The number of aliphatic carboxylic acids is 1. The van der Waals surface area contributed by atoms with Crippen LogP contribution in [0.4, 0.5) is 5.69 Å². The van der Waals surface area contributed by atoms with Crippen molar-refractivity contribution in [3.8, 4) is 0 Å². The molecule has 0 saturated carbocycles. The second-order valence-electron chi connectivity index (χ2n) is 7.91. The van der Waals surface area contributed by atoms with Gasteiger partial charge in [0.25, 0.3) is 0 Å². The maximum absolute atomic E-state index is 12.5. The summed E-state index contributed by atoms with van der Waals surface area (Å²) < 4.78 is 23.3.